The zero-order chi connectivity index (χ0) is 18.2. The summed E-state index contributed by atoms with van der Waals surface area (Å²) in [6, 6.07) is 6.79. The van der Waals surface area contributed by atoms with Crippen LogP contribution in [0.2, 0.25) is 0 Å². The number of nitrogens with zero attached hydrogens (tertiary/aromatic N) is 3. The molecule has 25 heavy (non-hydrogen) atoms. The summed E-state index contributed by atoms with van der Waals surface area (Å²) in [7, 11) is 1.47. The highest BCUT2D eigenvalue weighted by Crippen LogP contribution is 2.27. The van der Waals surface area contributed by atoms with Crippen LogP contribution < -0.4 is 20.6 Å². The number of carbonyl (C=O) groups excluding carboxylic acids is 2. The van der Waals surface area contributed by atoms with E-state index in [1.807, 2.05) is 13.0 Å². The lowest BCUT2D eigenvalue weighted by molar-refractivity contribution is -0.122. The number of hydrazone groups is 1. The van der Waals surface area contributed by atoms with E-state index in [2.05, 4.69) is 15.6 Å². The smallest absolute Gasteiger partial charge is 0.261 e. The monoisotopic (exact) mass is 345 g/mol. The minimum absolute atomic E-state index is 0.0778. The fourth-order valence-electron chi connectivity index (χ4n) is 1.95. The van der Waals surface area contributed by atoms with Gasteiger partial charge in [0, 0.05) is 6.20 Å². The molecule has 1 aromatic heterocycles. The van der Waals surface area contributed by atoms with Crippen molar-refractivity contribution in [2.75, 3.05) is 13.7 Å². The Morgan fingerprint density at radius 3 is 2.80 bits per heavy atom. The van der Waals surface area contributed by atoms with E-state index in [9.17, 15) is 9.59 Å². The number of aryl methyl sites for hydroxylation is 1. The summed E-state index contributed by atoms with van der Waals surface area (Å²) in [5.74, 6) is -0.0735. The SMILES string of the molecule is COc1cc(C=NNC(=O)Cn2ccc(C)n2)ccc1OCC(N)=O. The molecule has 2 amide bonds. The van der Waals surface area contributed by atoms with Crippen LogP contribution in [0.1, 0.15) is 11.3 Å². The highest BCUT2D eigenvalue weighted by molar-refractivity contribution is 5.83. The Morgan fingerprint density at radius 1 is 1.36 bits per heavy atom. The molecule has 9 heteroatoms. The van der Waals surface area contributed by atoms with E-state index in [0.29, 0.717) is 17.1 Å². The van der Waals surface area contributed by atoms with E-state index < -0.39 is 5.91 Å². The minimum atomic E-state index is -0.581. The lowest BCUT2D eigenvalue weighted by Crippen LogP contribution is -2.23. The number of nitrogens with one attached hydrogen (secondary N) is 1. The molecule has 0 radical (unpaired) electrons. The summed E-state index contributed by atoms with van der Waals surface area (Å²) < 4.78 is 11.9. The Balaban J connectivity index is 1.93. The van der Waals surface area contributed by atoms with Crippen molar-refractivity contribution in [1.82, 2.24) is 15.2 Å². The van der Waals surface area contributed by atoms with Crippen molar-refractivity contribution in [2.45, 2.75) is 13.5 Å². The summed E-state index contributed by atoms with van der Waals surface area (Å²) >= 11 is 0. The number of ether oxygens (including phenoxy) is 2. The van der Waals surface area contributed by atoms with Crippen molar-refractivity contribution in [3.8, 4) is 11.5 Å². The van der Waals surface area contributed by atoms with Crippen LogP contribution in [-0.2, 0) is 16.1 Å². The fourth-order valence-corrected chi connectivity index (χ4v) is 1.95. The van der Waals surface area contributed by atoms with E-state index in [1.165, 1.54) is 18.0 Å². The van der Waals surface area contributed by atoms with Gasteiger partial charge in [0.15, 0.2) is 18.1 Å². The lowest BCUT2D eigenvalue weighted by atomic mass is 10.2. The Labute approximate surface area is 144 Å². The summed E-state index contributed by atoms with van der Waals surface area (Å²) in [6.07, 6.45) is 3.18. The summed E-state index contributed by atoms with van der Waals surface area (Å²) in [6.45, 7) is 1.68. The van der Waals surface area contributed by atoms with Gasteiger partial charge < -0.3 is 15.2 Å². The van der Waals surface area contributed by atoms with E-state index in [-0.39, 0.29) is 19.1 Å². The van der Waals surface area contributed by atoms with Crippen molar-refractivity contribution in [3.63, 3.8) is 0 Å². The third kappa shape index (κ3) is 5.65. The normalized spacial score (nSPS) is 10.6. The number of benzene rings is 1. The van der Waals surface area contributed by atoms with Gasteiger partial charge in [-0.2, -0.15) is 10.2 Å². The fraction of sp³-hybridized carbons (Fsp3) is 0.250. The van der Waals surface area contributed by atoms with Crippen LogP contribution in [0.4, 0.5) is 0 Å². The van der Waals surface area contributed by atoms with Gasteiger partial charge in [0.25, 0.3) is 11.8 Å². The highest BCUT2D eigenvalue weighted by Gasteiger charge is 2.07. The second-order valence-electron chi connectivity index (χ2n) is 5.11. The molecule has 0 spiro atoms. The van der Waals surface area contributed by atoms with Gasteiger partial charge in [-0.1, -0.05) is 0 Å². The predicted octanol–water partition coefficient (Wildman–Crippen LogP) is 0.215. The number of primary amides is 1. The molecule has 132 valence electrons. The molecular weight excluding hydrogens is 326 g/mol. The molecule has 0 aliphatic carbocycles. The van der Waals surface area contributed by atoms with Crippen molar-refractivity contribution in [1.29, 1.82) is 0 Å². The molecule has 2 aromatic rings. The number of aromatic nitrogens is 2. The van der Waals surface area contributed by atoms with E-state index >= 15 is 0 Å². The van der Waals surface area contributed by atoms with E-state index in [0.717, 1.165) is 5.69 Å². The summed E-state index contributed by atoms with van der Waals surface area (Å²) in [5, 5.41) is 8.01. The summed E-state index contributed by atoms with van der Waals surface area (Å²) in [5.41, 5.74) is 8.97. The molecule has 1 heterocycles. The molecule has 9 nitrogen and oxygen atoms in total. The Morgan fingerprint density at radius 2 is 2.16 bits per heavy atom. The molecule has 0 aliphatic rings. The zero-order valence-electron chi connectivity index (χ0n) is 13.9. The molecule has 0 unspecified atom stereocenters. The van der Waals surface area contributed by atoms with Crippen LogP contribution in [0.15, 0.2) is 35.6 Å². The van der Waals surface area contributed by atoms with Crippen molar-refractivity contribution in [2.24, 2.45) is 10.8 Å². The van der Waals surface area contributed by atoms with Gasteiger partial charge in [0.2, 0.25) is 0 Å². The van der Waals surface area contributed by atoms with Gasteiger partial charge in [0.05, 0.1) is 19.0 Å². The number of nitrogens with two attached hydrogens (primary N) is 1. The van der Waals surface area contributed by atoms with Crippen LogP contribution >= 0.6 is 0 Å². The molecule has 0 aliphatic heterocycles. The van der Waals surface area contributed by atoms with Crippen LogP contribution in [0, 0.1) is 6.92 Å². The number of methoxy groups -OCH3 is 1. The maximum atomic E-state index is 11.8. The standard InChI is InChI=1S/C16H19N5O4/c1-11-5-6-21(20-11)9-16(23)19-18-8-12-3-4-13(14(7-12)24-2)25-10-15(17)22/h3-8H,9-10H2,1-2H3,(H2,17,22)(H,19,23). The number of carbonyl (C=O) groups is 2. The maximum absolute atomic E-state index is 11.8. The number of amides is 2. The molecule has 0 fully saturated rings. The van der Waals surface area contributed by atoms with Crippen LogP contribution in [0.3, 0.4) is 0 Å². The topological polar surface area (TPSA) is 121 Å². The molecular formula is C16H19N5O4. The van der Waals surface area contributed by atoms with Crippen molar-refractivity contribution in [3.05, 3.63) is 41.7 Å². The Bertz CT molecular complexity index is 785. The first kappa shape index (κ1) is 18.0. The minimum Gasteiger partial charge on any atom is -0.493 e. The quantitative estimate of drug-likeness (QED) is 0.523. The van der Waals surface area contributed by atoms with Gasteiger partial charge >= 0.3 is 0 Å². The Hall–Kier alpha value is -3.36. The first-order chi connectivity index (χ1) is 12.0. The van der Waals surface area contributed by atoms with E-state index in [4.69, 9.17) is 15.2 Å². The molecule has 0 atom stereocenters. The first-order valence-corrected chi connectivity index (χ1v) is 7.39. The van der Waals surface area contributed by atoms with Crippen LogP contribution in [0.5, 0.6) is 11.5 Å². The lowest BCUT2D eigenvalue weighted by Gasteiger charge is -2.09. The molecule has 2 rings (SSSR count). The van der Waals surface area contributed by atoms with E-state index in [1.54, 1.807) is 24.4 Å². The molecule has 1 aromatic carbocycles. The van der Waals surface area contributed by atoms with Gasteiger partial charge in [-0.15, -0.1) is 0 Å². The third-order valence-electron chi connectivity index (χ3n) is 3.04. The second kappa shape index (κ2) is 8.48. The summed E-state index contributed by atoms with van der Waals surface area (Å²) in [4.78, 5) is 22.5. The maximum Gasteiger partial charge on any atom is 0.261 e. The number of hydrogen-bond donors (Lipinski definition) is 2. The number of hydrogen-bond acceptors (Lipinski definition) is 6. The second-order valence-corrected chi connectivity index (χ2v) is 5.11. The Kier molecular flexibility index (Phi) is 6.10. The largest absolute Gasteiger partial charge is 0.493 e. The predicted molar refractivity (Wildman–Crippen MR) is 90.4 cm³/mol. The van der Waals surface area contributed by atoms with Gasteiger partial charge in [-0.05, 0) is 36.8 Å². The molecule has 0 bridgehead atoms. The molecule has 3 N–H and O–H groups in total. The highest BCUT2D eigenvalue weighted by atomic mass is 16.5. The van der Waals surface area contributed by atoms with Gasteiger partial charge in [-0.25, -0.2) is 5.43 Å². The first-order valence-electron chi connectivity index (χ1n) is 7.39. The molecule has 0 saturated heterocycles. The van der Waals surface area contributed by atoms with Crippen molar-refractivity contribution < 1.29 is 19.1 Å². The van der Waals surface area contributed by atoms with Crippen LogP contribution in [-0.4, -0.2) is 41.5 Å². The van der Waals surface area contributed by atoms with Gasteiger partial charge in [-0.3, -0.25) is 14.3 Å². The molecule has 0 saturated carbocycles. The van der Waals surface area contributed by atoms with Gasteiger partial charge in [0.1, 0.15) is 6.54 Å². The average molecular weight is 345 g/mol. The van der Waals surface area contributed by atoms with Crippen LogP contribution in [0.25, 0.3) is 0 Å². The average Bonchev–Trinajstić information content (AvgIpc) is 2.98. The third-order valence-corrected chi connectivity index (χ3v) is 3.04. The zero-order valence-corrected chi connectivity index (χ0v) is 13.9. The number of rotatable bonds is 8. The van der Waals surface area contributed by atoms with Crippen molar-refractivity contribution >= 4 is 18.0 Å².